The molecule has 3 heterocycles. The van der Waals surface area contributed by atoms with E-state index in [0.29, 0.717) is 60.1 Å². The number of aliphatic hydroxyl groups excluding tert-OH is 1. The smallest absolute Gasteiger partial charge is 0.319 e. The summed E-state index contributed by atoms with van der Waals surface area (Å²) in [7, 11) is 0. The van der Waals surface area contributed by atoms with E-state index in [4.69, 9.17) is 9.72 Å². The molecule has 0 radical (unpaired) electrons. The Labute approximate surface area is 220 Å². The number of nitrogens with one attached hydrogen (secondary N) is 1. The van der Waals surface area contributed by atoms with Crippen LogP contribution in [0.15, 0.2) is 48.5 Å². The number of hydrogen-bond donors (Lipinski definition) is 3. The lowest BCUT2D eigenvalue weighted by Crippen LogP contribution is -2.51. The first-order chi connectivity index (χ1) is 18.5. The fourth-order valence-corrected chi connectivity index (χ4v) is 6.43. The van der Waals surface area contributed by atoms with Gasteiger partial charge in [-0.2, -0.15) is 9.97 Å². The van der Waals surface area contributed by atoms with Crippen molar-refractivity contribution < 1.29 is 19.3 Å². The minimum Gasteiger partial charge on any atom is -0.508 e. The zero-order valence-electron chi connectivity index (χ0n) is 21.1. The quantitative estimate of drug-likeness (QED) is 0.356. The van der Waals surface area contributed by atoms with Crippen molar-refractivity contribution in [1.82, 2.24) is 15.3 Å². The van der Waals surface area contributed by atoms with Crippen LogP contribution in [0.1, 0.15) is 38.5 Å². The Morgan fingerprint density at radius 3 is 2.42 bits per heavy atom. The number of nitrogens with zero attached hydrogens (tertiary/aromatic N) is 3. The third kappa shape index (κ3) is 4.22. The van der Waals surface area contributed by atoms with Crippen LogP contribution in [0.4, 0.5) is 10.2 Å². The zero-order valence-corrected chi connectivity index (χ0v) is 21.1. The minimum absolute atomic E-state index is 0.0846. The third-order valence-electron chi connectivity index (χ3n) is 8.33. The van der Waals surface area contributed by atoms with Gasteiger partial charge in [-0.1, -0.05) is 30.3 Å². The minimum atomic E-state index is -0.455. The van der Waals surface area contributed by atoms with Gasteiger partial charge in [0, 0.05) is 36.1 Å². The van der Waals surface area contributed by atoms with Crippen LogP contribution >= 0.6 is 0 Å². The molecule has 196 valence electrons. The van der Waals surface area contributed by atoms with Gasteiger partial charge in [0.25, 0.3) is 0 Å². The molecule has 2 aliphatic heterocycles. The van der Waals surface area contributed by atoms with E-state index in [1.54, 1.807) is 18.2 Å². The van der Waals surface area contributed by atoms with Crippen LogP contribution in [0.2, 0.25) is 0 Å². The first kappa shape index (κ1) is 23.6. The molecule has 1 aromatic heterocycles. The lowest BCUT2D eigenvalue weighted by molar-refractivity contribution is 0.0620. The molecule has 8 heteroatoms. The molecular weight excluding hydrogens is 483 g/mol. The number of phenolic OH excluding ortho intramolecular Hbond substituents is 1. The van der Waals surface area contributed by atoms with Crippen LogP contribution in [0.5, 0.6) is 11.8 Å². The van der Waals surface area contributed by atoms with Crippen LogP contribution in [0.25, 0.3) is 32.8 Å². The molecule has 2 saturated heterocycles. The van der Waals surface area contributed by atoms with Crippen LogP contribution < -0.4 is 15.0 Å². The number of aromatic nitrogens is 2. The Morgan fingerprint density at radius 1 is 0.868 bits per heavy atom. The van der Waals surface area contributed by atoms with E-state index < -0.39 is 5.82 Å². The molecule has 7 rings (SSSR count). The van der Waals surface area contributed by atoms with E-state index in [9.17, 15) is 10.2 Å². The van der Waals surface area contributed by atoms with E-state index in [1.807, 2.05) is 30.3 Å². The van der Waals surface area contributed by atoms with Crippen LogP contribution in [-0.2, 0) is 0 Å². The van der Waals surface area contributed by atoms with Crippen molar-refractivity contribution in [3.63, 3.8) is 0 Å². The van der Waals surface area contributed by atoms with E-state index in [1.165, 1.54) is 0 Å². The van der Waals surface area contributed by atoms with Gasteiger partial charge >= 0.3 is 6.01 Å². The van der Waals surface area contributed by atoms with Gasteiger partial charge in [-0.3, -0.25) is 0 Å². The highest BCUT2D eigenvalue weighted by Crippen LogP contribution is 2.39. The molecule has 3 aromatic carbocycles. The Bertz CT molecular complexity index is 1510. The van der Waals surface area contributed by atoms with Gasteiger partial charge in [-0.25, -0.2) is 4.39 Å². The number of aromatic hydroxyl groups is 1. The molecule has 1 aliphatic carbocycles. The second-order valence-electron chi connectivity index (χ2n) is 11.0. The summed E-state index contributed by atoms with van der Waals surface area (Å²) < 4.78 is 22.7. The van der Waals surface area contributed by atoms with Crippen LogP contribution in [-0.4, -0.2) is 57.6 Å². The van der Waals surface area contributed by atoms with Crippen molar-refractivity contribution in [2.45, 2.75) is 62.8 Å². The van der Waals surface area contributed by atoms with E-state index >= 15 is 4.39 Å². The maximum atomic E-state index is 16.4. The van der Waals surface area contributed by atoms with Gasteiger partial charge in [0.05, 0.1) is 6.10 Å². The molecule has 38 heavy (non-hydrogen) atoms. The molecule has 1 saturated carbocycles. The van der Waals surface area contributed by atoms with Crippen molar-refractivity contribution in [2.75, 3.05) is 18.0 Å². The van der Waals surface area contributed by atoms with Crippen molar-refractivity contribution in [3.8, 4) is 22.9 Å². The topological polar surface area (TPSA) is 90.7 Å². The van der Waals surface area contributed by atoms with Gasteiger partial charge < -0.3 is 25.2 Å². The number of fused-ring (bicyclic) bond motifs is 4. The molecule has 3 aliphatic rings. The number of halogens is 1. The average molecular weight is 515 g/mol. The Morgan fingerprint density at radius 2 is 1.63 bits per heavy atom. The highest BCUT2D eigenvalue weighted by Gasteiger charge is 2.34. The summed E-state index contributed by atoms with van der Waals surface area (Å²) in [5.41, 5.74) is 1.21. The largest absolute Gasteiger partial charge is 0.508 e. The summed E-state index contributed by atoms with van der Waals surface area (Å²) in [6, 6.07) is 15.6. The molecule has 2 atom stereocenters. The number of anilines is 1. The summed E-state index contributed by atoms with van der Waals surface area (Å²) in [6.07, 6.45) is 4.63. The fourth-order valence-electron chi connectivity index (χ4n) is 6.43. The number of rotatable bonds is 4. The second kappa shape index (κ2) is 9.36. The van der Waals surface area contributed by atoms with Gasteiger partial charge in [0.2, 0.25) is 0 Å². The lowest BCUT2D eigenvalue weighted by Gasteiger charge is -2.34. The maximum Gasteiger partial charge on any atom is 0.319 e. The summed E-state index contributed by atoms with van der Waals surface area (Å²) in [6.45, 7) is 1.61. The number of ether oxygens (including phenoxy) is 1. The predicted molar refractivity (Wildman–Crippen MR) is 145 cm³/mol. The van der Waals surface area contributed by atoms with E-state index in [-0.39, 0.29) is 29.5 Å². The summed E-state index contributed by atoms with van der Waals surface area (Å²) >= 11 is 0. The van der Waals surface area contributed by atoms with Crippen molar-refractivity contribution in [1.29, 1.82) is 0 Å². The monoisotopic (exact) mass is 514 g/mol. The summed E-state index contributed by atoms with van der Waals surface area (Å²) in [5.74, 6) is 0.329. The van der Waals surface area contributed by atoms with Crippen molar-refractivity contribution >= 4 is 27.5 Å². The number of aliphatic hydroxyl groups is 1. The van der Waals surface area contributed by atoms with E-state index in [0.717, 1.165) is 36.7 Å². The molecule has 2 bridgehead atoms. The SMILES string of the molecule is Oc1cc(-c2ccc3c(N4CC5CCC(C4)N5)nc(OC4CCC(O)CC4)nc3c2F)c2ccccc2c1. The number of hydrogen-bond acceptors (Lipinski definition) is 7. The Balaban J connectivity index is 1.37. The molecule has 0 spiro atoms. The molecule has 2 unspecified atom stereocenters. The highest BCUT2D eigenvalue weighted by atomic mass is 19.1. The summed E-state index contributed by atoms with van der Waals surface area (Å²) in [5, 5.41) is 26.3. The van der Waals surface area contributed by atoms with Gasteiger partial charge in [-0.05, 0) is 73.1 Å². The second-order valence-corrected chi connectivity index (χ2v) is 11.0. The molecule has 3 N–H and O–H groups in total. The van der Waals surface area contributed by atoms with Crippen molar-refractivity contribution in [2.24, 2.45) is 0 Å². The van der Waals surface area contributed by atoms with Gasteiger partial charge in [0.1, 0.15) is 23.2 Å². The Kier molecular flexibility index (Phi) is 5.82. The normalized spacial score (nSPS) is 25.3. The Hall–Kier alpha value is -3.49. The molecule has 0 amide bonds. The number of phenols is 1. The van der Waals surface area contributed by atoms with Crippen LogP contribution in [0, 0.1) is 5.82 Å². The summed E-state index contributed by atoms with van der Waals surface area (Å²) in [4.78, 5) is 11.7. The fraction of sp³-hybridized carbons (Fsp3) is 0.400. The molecule has 4 aromatic rings. The molecular formula is C30H31FN4O3. The third-order valence-corrected chi connectivity index (χ3v) is 8.33. The maximum absolute atomic E-state index is 16.4. The van der Waals surface area contributed by atoms with E-state index in [2.05, 4.69) is 15.2 Å². The van der Waals surface area contributed by atoms with Gasteiger partial charge in [0.15, 0.2) is 5.82 Å². The first-order valence-electron chi connectivity index (χ1n) is 13.6. The molecule has 7 nitrogen and oxygen atoms in total. The van der Waals surface area contributed by atoms with Gasteiger partial charge in [-0.15, -0.1) is 0 Å². The van der Waals surface area contributed by atoms with Crippen LogP contribution in [0.3, 0.4) is 0 Å². The number of benzene rings is 3. The highest BCUT2D eigenvalue weighted by molar-refractivity contribution is 6.01. The number of piperazine rings is 1. The lowest BCUT2D eigenvalue weighted by atomic mass is 9.95. The standard InChI is InChI=1S/C30H31FN4O3/c31-27-24(26-14-21(37)13-17-3-1-2-4-23(17)26)11-12-25-28(27)33-30(38-22-9-7-20(36)8-10-22)34-29(25)35-15-18-5-6-19(16-35)32-18/h1-4,11-14,18-20,22,32,36-37H,5-10,15-16H2. The average Bonchev–Trinajstić information content (AvgIpc) is 3.26. The molecule has 3 fully saturated rings. The predicted octanol–water partition coefficient (Wildman–Crippen LogP) is 4.92. The zero-order chi connectivity index (χ0) is 25.8. The van der Waals surface area contributed by atoms with Crippen molar-refractivity contribution in [3.05, 3.63) is 54.3 Å². The first-order valence-corrected chi connectivity index (χ1v) is 13.6.